The van der Waals surface area contributed by atoms with Crippen molar-refractivity contribution >= 4 is 33.6 Å². The van der Waals surface area contributed by atoms with Crippen LogP contribution in [-0.4, -0.2) is 41.6 Å². The Labute approximate surface area is 259 Å². The summed E-state index contributed by atoms with van der Waals surface area (Å²) in [4.78, 5) is 23.4. The van der Waals surface area contributed by atoms with Crippen molar-refractivity contribution in [3.63, 3.8) is 0 Å². The second-order valence-electron chi connectivity index (χ2n) is 9.95. The van der Waals surface area contributed by atoms with Crippen LogP contribution >= 0.6 is 0 Å². The van der Waals surface area contributed by atoms with Gasteiger partial charge in [0.15, 0.2) is 0 Å². The van der Waals surface area contributed by atoms with Gasteiger partial charge in [-0.3, -0.25) is 9.59 Å². The second kappa shape index (κ2) is 14.5. The first-order chi connectivity index (χ1) is 19.6. The van der Waals surface area contributed by atoms with Crippen LogP contribution in [0.4, 0.5) is 0 Å². The number of Topliss-reactive ketones (excluding diaryl/α,β-unsaturated/α-hetero) is 2. The molecule has 0 spiro atoms. The number of carbonyl (C=O) groups excluding carboxylic acids is 2. The van der Waals surface area contributed by atoms with Gasteiger partial charge in [0, 0.05) is 0 Å². The van der Waals surface area contributed by atoms with Gasteiger partial charge < -0.3 is 0 Å². The summed E-state index contributed by atoms with van der Waals surface area (Å²) >= 11 is 0. The summed E-state index contributed by atoms with van der Waals surface area (Å²) in [5, 5.41) is 17.8. The van der Waals surface area contributed by atoms with E-state index in [4.69, 9.17) is 0 Å². The van der Waals surface area contributed by atoms with Gasteiger partial charge in [-0.2, -0.15) is 77.5 Å². The number of carbonyl (C=O) groups is 2. The predicted octanol–water partition coefficient (Wildman–Crippen LogP) is 6.23. The molecule has 0 fully saturated rings. The zero-order chi connectivity index (χ0) is 29.5. The van der Waals surface area contributed by atoms with E-state index in [-0.39, 0.29) is 38.1 Å². The topological polar surface area (TPSA) is 95.6 Å². The molecule has 2 aromatic heterocycles. The Kier molecular flexibility index (Phi) is 11.1. The Morgan fingerprint density at radius 1 is 0.619 bits per heavy atom. The van der Waals surface area contributed by atoms with Gasteiger partial charge in [0.25, 0.3) is 0 Å². The van der Waals surface area contributed by atoms with Crippen molar-refractivity contribution in [1.29, 1.82) is 0 Å². The van der Waals surface area contributed by atoms with E-state index >= 15 is 0 Å². The molecule has 0 bridgehead atoms. The van der Waals surface area contributed by atoms with Crippen molar-refractivity contribution < 1.29 is 29.7 Å². The molecule has 6 rings (SSSR count). The second-order valence-corrected chi connectivity index (χ2v) is 9.95. The van der Waals surface area contributed by atoms with Crippen LogP contribution in [0.5, 0.6) is 0 Å². The summed E-state index contributed by atoms with van der Waals surface area (Å²) in [5.41, 5.74) is 10.1. The molecule has 0 aliphatic heterocycles. The number of rotatable bonds is 4. The van der Waals surface area contributed by atoms with Crippen LogP contribution in [0.1, 0.15) is 42.5 Å². The number of aromatic nitrogens is 6. The Balaban J connectivity index is 0.000000186. The zero-order valence-electron chi connectivity index (χ0n) is 24.5. The molecular weight excluding hydrogens is 705 g/mol. The van der Waals surface area contributed by atoms with Crippen LogP contribution in [0.15, 0.2) is 72.8 Å². The monoisotopic (exact) mass is 737 g/mol. The van der Waals surface area contributed by atoms with Crippen molar-refractivity contribution in [2.75, 3.05) is 0 Å². The summed E-state index contributed by atoms with van der Waals surface area (Å²) in [5.74, 6) is -0.125. The minimum atomic E-state index is -0.0625. The molecule has 4 aromatic carbocycles. The first kappa shape index (κ1) is 32.2. The summed E-state index contributed by atoms with van der Waals surface area (Å²) in [7, 11) is 0. The molecular formula is C33H32IrN6O2+. The average molecular weight is 737 g/mol. The van der Waals surface area contributed by atoms with E-state index in [1.165, 1.54) is 25.0 Å². The van der Waals surface area contributed by atoms with E-state index in [2.05, 4.69) is 58.5 Å². The number of hydrogen-bond acceptors (Lipinski definition) is 6. The number of benzene rings is 4. The van der Waals surface area contributed by atoms with E-state index in [0.29, 0.717) is 0 Å². The van der Waals surface area contributed by atoms with E-state index in [1.807, 2.05) is 74.5 Å². The third-order valence-electron chi connectivity index (χ3n) is 5.98. The normalized spacial score (nSPS) is 10.2. The van der Waals surface area contributed by atoms with Gasteiger partial charge in [0.2, 0.25) is 0 Å². The molecule has 214 valence electrons. The molecule has 0 amide bonds. The fraction of sp³-hybridized carbons (Fsp3) is 0.212. The Bertz CT molecular complexity index is 1640. The molecule has 0 atom stereocenters. The minimum absolute atomic E-state index is 0. The fourth-order valence-electron chi connectivity index (χ4n) is 4.20. The zero-order valence-corrected chi connectivity index (χ0v) is 26.9. The molecule has 42 heavy (non-hydrogen) atoms. The quantitative estimate of drug-likeness (QED) is 0.158. The first-order valence-electron chi connectivity index (χ1n) is 13.2. The van der Waals surface area contributed by atoms with Crippen molar-refractivity contribution in [3.05, 3.63) is 107 Å². The van der Waals surface area contributed by atoms with Crippen LogP contribution in [0.2, 0.25) is 0 Å². The molecule has 8 nitrogen and oxygen atoms in total. The number of nitrogens with zero attached hydrogens (tertiary/aromatic N) is 6. The van der Waals surface area contributed by atoms with Gasteiger partial charge in [0.1, 0.15) is 33.6 Å². The van der Waals surface area contributed by atoms with E-state index in [1.54, 1.807) is 9.59 Å². The Morgan fingerprint density at radius 2 is 0.929 bits per heavy atom. The van der Waals surface area contributed by atoms with Crippen LogP contribution in [0.25, 0.3) is 33.4 Å². The van der Waals surface area contributed by atoms with Crippen LogP contribution in [0, 0.1) is 39.8 Å². The molecule has 0 aliphatic rings. The van der Waals surface area contributed by atoms with Crippen molar-refractivity contribution in [3.8, 4) is 11.4 Å². The largest absolute Gasteiger partial charge is 3.00 e. The molecule has 0 saturated heterocycles. The third kappa shape index (κ3) is 8.35. The molecule has 0 N–H and O–H groups in total. The van der Waals surface area contributed by atoms with Crippen LogP contribution in [-0.2, 0) is 29.7 Å². The number of fused-ring (bicyclic) bond motifs is 2. The van der Waals surface area contributed by atoms with Crippen LogP contribution in [0.3, 0.4) is 0 Å². The van der Waals surface area contributed by atoms with Crippen molar-refractivity contribution in [2.24, 2.45) is 0 Å². The van der Waals surface area contributed by atoms with E-state index in [0.717, 1.165) is 44.6 Å². The summed E-state index contributed by atoms with van der Waals surface area (Å²) < 4.78 is 0. The minimum Gasteiger partial charge on any atom is -0.300 e. The maximum atomic E-state index is 10.0. The van der Waals surface area contributed by atoms with Gasteiger partial charge in [-0.1, -0.05) is 52.0 Å². The molecule has 2 heterocycles. The van der Waals surface area contributed by atoms with Gasteiger partial charge in [0.05, 0.1) is 6.42 Å². The Hall–Kier alpha value is -4.33. The van der Waals surface area contributed by atoms with Gasteiger partial charge in [-0.05, 0) is 49.5 Å². The van der Waals surface area contributed by atoms with Gasteiger partial charge in [-0.15, -0.1) is 11.1 Å². The number of hydrogen-bond donors (Lipinski definition) is 0. The molecule has 0 radical (unpaired) electrons. The van der Waals surface area contributed by atoms with Gasteiger partial charge in [-0.25, -0.2) is 0 Å². The molecule has 0 saturated carbocycles. The van der Waals surface area contributed by atoms with Gasteiger partial charge >= 0.3 is 20.1 Å². The molecule has 9 heteroatoms. The predicted molar refractivity (Wildman–Crippen MR) is 160 cm³/mol. The van der Waals surface area contributed by atoms with Crippen LogP contribution < -0.4 is 0 Å². The molecule has 0 aliphatic carbocycles. The van der Waals surface area contributed by atoms with E-state index in [9.17, 15) is 9.59 Å². The fourth-order valence-corrected chi connectivity index (χ4v) is 4.20. The number of ketones is 2. The van der Waals surface area contributed by atoms with E-state index < -0.39 is 0 Å². The summed E-state index contributed by atoms with van der Waals surface area (Å²) in [6, 6.07) is 30.3. The Morgan fingerprint density at radius 3 is 1.17 bits per heavy atom. The number of aryl methyl sites for hydroxylation is 4. The summed E-state index contributed by atoms with van der Waals surface area (Å²) in [6.07, 6.45) is 0.0833. The smallest absolute Gasteiger partial charge is 0.300 e. The van der Waals surface area contributed by atoms with Crippen molar-refractivity contribution in [2.45, 2.75) is 48.0 Å². The maximum Gasteiger partial charge on any atom is 3.00 e. The maximum absolute atomic E-state index is 10.0. The summed E-state index contributed by atoms with van der Waals surface area (Å²) in [6.45, 7) is 11.0. The standard InChI is InChI=1S/2C14H12N3.C5H8O2.Ir/c2*1-10-7-8-14(11(2)9-10)17-15-12-5-3-4-6-13(12)16-17;1-4(6)3-5(2)7;/h2*3-7,9H,1-2H3;3H2,1-2H3;/q2*-1;;+3. The van der Waals surface area contributed by atoms with Crippen molar-refractivity contribution in [1.82, 2.24) is 30.0 Å². The first-order valence-corrected chi connectivity index (χ1v) is 13.2. The third-order valence-corrected chi connectivity index (χ3v) is 5.98. The molecule has 0 unspecified atom stereocenters. The SMILES string of the molecule is CC(=O)CC(C)=O.Cc1c[c-]c(-n2nc3ccccc3n2)c(C)c1.Cc1c[c-]c(-n2nc3ccccc3n2)c(C)c1.[Ir+3]. The average Bonchev–Trinajstić information content (AvgIpc) is 3.53. The molecule has 6 aromatic rings.